The van der Waals surface area contributed by atoms with Gasteiger partial charge in [-0.15, -0.1) is 0 Å². The molecule has 0 radical (unpaired) electrons. The van der Waals surface area contributed by atoms with Gasteiger partial charge in [-0.3, -0.25) is 4.68 Å². The number of nitriles is 1. The molecule has 0 atom stereocenters. The molecule has 1 aromatic carbocycles. The number of anilines is 3. The van der Waals surface area contributed by atoms with Crippen LogP contribution in [0.25, 0.3) is 21.8 Å². The lowest BCUT2D eigenvalue weighted by Crippen LogP contribution is -2.36. The molecule has 0 spiro atoms. The number of fused-ring (bicyclic) bond motifs is 3. The number of benzene rings is 1. The van der Waals surface area contributed by atoms with Crippen molar-refractivity contribution < 1.29 is 4.74 Å². The van der Waals surface area contributed by atoms with E-state index in [1.54, 1.807) is 12.4 Å². The maximum Gasteiger partial charge on any atom is 0.228 e. The third-order valence-electron chi connectivity index (χ3n) is 5.40. The third kappa shape index (κ3) is 3.51. The summed E-state index contributed by atoms with van der Waals surface area (Å²) in [5.41, 5.74) is 3.23. The van der Waals surface area contributed by atoms with Crippen LogP contribution in [0.4, 0.5) is 17.5 Å². The van der Waals surface area contributed by atoms with Crippen molar-refractivity contribution >= 4 is 39.3 Å². The summed E-state index contributed by atoms with van der Waals surface area (Å²) in [7, 11) is 0. The predicted molar refractivity (Wildman–Crippen MR) is 118 cm³/mol. The van der Waals surface area contributed by atoms with Crippen LogP contribution < -0.4 is 10.2 Å². The van der Waals surface area contributed by atoms with Crippen LogP contribution in [-0.4, -0.2) is 51.0 Å². The van der Waals surface area contributed by atoms with Crippen LogP contribution in [-0.2, 0) is 4.74 Å². The molecule has 1 N–H and O–H groups in total. The van der Waals surface area contributed by atoms with E-state index in [2.05, 4.69) is 45.2 Å². The van der Waals surface area contributed by atoms with Gasteiger partial charge < -0.3 is 15.0 Å². The van der Waals surface area contributed by atoms with Crippen molar-refractivity contribution in [3.63, 3.8) is 0 Å². The molecule has 31 heavy (non-hydrogen) atoms. The number of rotatable bonds is 4. The van der Waals surface area contributed by atoms with Crippen molar-refractivity contribution in [1.29, 1.82) is 5.26 Å². The molecule has 0 bridgehead atoms. The summed E-state index contributed by atoms with van der Waals surface area (Å²) >= 11 is 0. The number of nitrogens with zero attached hydrogens (tertiary/aromatic N) is 7. The van der Waals surface area contributed by atoms with Crippen LogP contribution in [0.15, 0.2) is 36.8 Å². The second-order valence-corrected chi connectivity index (χ2v) is 7.74. The Morgan fingerprint density at radius 1 is 1.13 bits per heavy atom. The first-order valence-electron chi connectivity index (χ1n) is 10.3. The second-order valence-electron chi connectivity index (χ2n) is 7.74. The van der Waals surface area contributed by atoms with Gasteiger partial charge in [-0.2, -0.15) is 10.4 Å². The molecule has 4 heterocycles. The van der Waals surface area contributed by atoms with E-state index < -0.39 is 0 Å². The number of hydrogen-bond acceptors (Lipinski definition) is 8. The van der Waals surface area contributed by atoms with Gasteiger partial charge in [0.25, 0.3) is 0 Å². The highest BCUT2D eigenvalue weighted by Gasteiger charge is 2.16. The predicted octanol–water partition coefficient (Wildman–Crippen LogP) is 3.41. The molecule has 0 saturated carbocycles. The number of ether oxygens (including phenoxy) is 1. The smallest absolute Gasteiger partial charge is 0.228 e. The molecule has 1 aliphatic heterocycles. The molecule has 5 rings (SSSR count). The maximum atomic E-state index is 9.55. The lowest BCUT2D eigenvalue weighted by molar-refractivity contribution is 0.122. The van der Waals surface area contributed by atoms with Crippen molar-refractivity contribution in [2.75, 3.05) is 36.5 Å². The largest absolute Gasteiger partial charge is 0.378 e. The molecule has 3 aromatic heterocycles. The minimum Gasteiger partial charge on any atom is -0.378 e. The van der Waals surface area contributed by atoms with Crippen molar-refractivity contribution in [1.82, 2.24) is 24.7 Å². The fourth-order valence-electron chi connectivity index (χ4n) is 3.84. The summed E-state index contributed by atoms with van der Waals surface area (Å²) in [5, 5.41) is 18.8. The molecule has 0 unspecified atom stereocenters. The number of morpholine rings is 1. The molecular weight excluding hydrogens is 392 g/mol. The minimum absolute atomic E-state index is 0.135. The number of hydrogen-bond donors (Lipinski definition) is 1. The average molecular weight is 414 g/mol. The molecule has 1 aliphatic rings. The minimum atomic E-state index is 0.135. The fourth-order valence-corrected chi connectivity index (χ4v) is 3.84. The Morgan fingerprint density at radius 2 is 1.97 bits per heavy atom. The van der Waals surface area contributed by atoms with E-state index >= 15 is 0 Å². The molecule has 156 valence electrons. The van der Waals surface area contributed by atoms with Gasteiger partial charge in [-0.1, -0.05) is 0 Å². The standard InChI is InChI=1S/C22H22N8O/c1-14(2)30-21-18(13-26-30)15(10-23)9-16-11-25-22(28-20(16)21)27-19-4-3-17(12-24-19)29-5-7-31-8-6-29/h3-4,9,11-14H,5-8H2,1-2H3,(H,24,25,27,28). The molecule has 4 aromatic rings. The Kier molecular flexibility index (Phi) is 4.84. The average Bonchev–Trinajstić information content (AvgIpc) is 3.26. The van der Waals surface area contributed by atoms with Gasteiger partial charge in [0.05, 0.1) is 48.4 Å². The van der Waals surface area contributed by atoms with Gasteiger partial charge in [0.2, 0.25) is 5.95 Å². The first-order valence-corrected chi connectivity index (χ1v) is 10.3. The van der Waals surface area contributed by atoms with Crippen LogP contribution >= 0.6 is 0 Å². The quantitative estimate of drug-likeness (QED) is 0.542. The first-order chi connectivity index (χ1) is 15.1. The van der Waals surface area contributed by atoms with E-state index in [1.165, 1.54) is 0 Å². The van der Waals surface area contributed by atoms with E-state index in [-0.39, 0.29) is 6.04 Å². The Balaban J connectivity index is 1.50. The van der Waals surface area contributed by atoms with Crippen molar-refractivity contribution in [2.45, 2.75) is 19.9 Å². The summed E-state index contributed by atoms with van der Waals surface area (Å²) < 4.78 is 7.30. The summed E-state index contributed by atoms with van der Waals surface area (Å²) in [5.74, 6) is 1.11. The van der Waals surface area contributed by atoms with Crippen molar-refractivity contribution in [2.24, 2.45) is 0 Å². The van der Waals surface area contributed by atoms with Crippen LogP contribution in [0.5, 0.6) is 0 Å². The lowest BCUT2D eigenvalue weighted by atomic mass is 10.1. The highest BCUT2D eigenvalue weighted by Crippen LogP contribution is 2.29. The lowest BCUT2D eigenvalue weighted by Gasteiger charge is -2.28. The Hall–Kier alpha value is -3.77. The van der Waals surface area contributed by atoms with E-state index in [1.807, 2.05) is 29.1 Å². The number of pyridine rings is 1. The van der Waals surface area contributed by atoms with Gasteiger partial charge in [0, 0.05) is 36.1 Å². The maximum absolute atomic E-state index is 9.55. The SMILES string of the molecule is CC(C)n1ncc2c(C#N)cc3cnc(Nc4ccc(N5CCOCC5)cn4)nc3c21. The summed E-state index contributed by atoms with van der Waals surface area (Å²) in [6, 6.07) is 8.15. The summed E-state index contributed by atoms with van der Waals surface area (Å²) in [4.78, 5) is 15.9. The zero-order chi connectivity index (χ0) is 21.4. The Morgan fingerprint density at radius 3 is 2.68 bits per heavy atom. The Bertz CT molecular complexity index is 1280. The highest BCUT2D eigenvalue weighted by atomic mass is 16.5. The van der Waals surface area contributed by atoms with Crippen LogP contribution in [0, 0.1) is 11.3 Å². The molecule has 0 aliphatic carbocycles. The van der Waals surface area contributed by atoms with Gasteiger partial charge in [-0.05, 0) is 32.0 Å². The Labute approximate surface area is 179 Å². The first kappa shape index (κ1) is 19.2. The van der Waals surface area contributed by atoms with Crippen molar-refractivity contribution in [3.05, 3.63) is 42.4 Å². The topological polar surface area (TPSA) is 105 Å². The number of nitrogens with one attached hydrogen (secondary N) is 1. The van der Waals surface area contributed by atoms with Gasteiger partial charge >= 0.3 is 0 Å². The second kappa shape index (κ2) is 7.81. The molecule has 1 saturated heterocycles. The highest BCUT2D eigenvalue weighted by molar-refractivity contribution is 6.06. The number of aromatic nitrogens is 5. The van der Waals surface area contributed by atoms with E-state index in [4.69, 9.17) is 9.72 Å². The molecular formula is C22H22N8O. The zero-order valence-corrected chi connectivity index (χ0v) is 17.4. The van der Waals surface area contributed by atoms with Gasteiger partial charge in [-0.25, -0.2) is 15.0 Å². The normalized spacial score (nSPS) is 14.3. The van der Waals surface area contributed by atoms with Crippen LogP contribution in [0.2, 0.25) is 0 Å². The zero-order valence-electron chi connectivity index (χ0n) is 17.4. The van der Waals surface area contributed by atoms with Gasteiger partial charge in [0.15, 0.2) is 0 Å². The fraction of sp³-hybridized carbons (Fsp3) is 0.318. The van der Waals surface area contributed by atoms with Crippen molar-refractivity contribution in [3.8, 4) is 6.07 Å². The van der Waals surface area contributed by atoms with E-state index in [9.17, 15) is 5.26 Å². The molecule has 0 amide bonds. The summed E-state index contributed by atoms with van der Waals surface area (Å²) in [6.45, 7) is 7.31. The van der Waals surface area contributed by atoms with Gasteiger partial charge in [0.1, 0.15) is 11.3 Å². The molecule has 1 fully saturated rings. The van der Waals surface area contributed by atoms with Crippen LogP contribution in [0.3, 0.4) is 0 Å². The monoisotopic (exact) mass is 414 g/mol. The summed E-state index contributed by atoms with van der Waals surface area (Å²) in [6.07, 6.45) is 5.30. The molecule has 9 nitrogen and oxygen atoms in total. The third-order valence-corrected chi connectivity index (χ3v) is 5.40. The van der Waals surface area contributed by atoms with E-state index in [0.29, 0.717) is 17.3 Å². The van der Waals surface area contributed by atoms with Crippen LogP contribution in [0.1, 0.15) is 25.5 Å². The molecule has 9 heteroatoms. The van der Waals surface area contributed by atoms with E-state index in [0.717, 1.165) is 53.8 Å².